The van der Waals surface area contributed by atoms with Crippen molar-refractivity contribution < 1.29 is 23.1 Å². The van der Waals surface area contributed by atoms with Crippen LogP contribution < -0.4 is 4.72 Å². The number of rotatable bonds is 6. The summed E-state index contributed by atoms with van der Waals surface area (Å²) < 4.78 is 31.4. The monoisotopic (exact) mass is 279 g/mol. The summed E-state index contributed by atoms with van der Waals surface area (Å²) >= 11 is 0. The molecular formula is C11H21NO5S. The van der Waals surface area contributed by atoms with Crippen LogP contribution in [-0.4, -0.2) is 44.5 Å². The molecule has 0 aromatic heterocycles. The number of hydrogen-bond acceptors (Lipinski definition) is 5. The lowest BCUT2D eigenvalue weighted by Gasteiger charge is -2.21. The fourth-order valence-electron chi connectivity index (χ4n) is 2.29. The van der Waals surface area contributed by atoms with Crippen LogP contribution in [0.25, 0.3) is 0 Å². The Labute approximate surface area is 108 Å². The summed E-state index contributed by atoms with van der Waals surface area (Å²) in [6.45, 7) is 1.54. The second-order valence-corrected chi connectivity index (χ2v) is 6.48. The van der Waals surface area contributed by atoms with E-state index in [2.05, 4.69) is 9.46 Å². The van der Waals surface area contributed by atoms with Crippen molar-refractivity contribution in [1.29, 1.82) is 0 Å². The van der Waals surface area contributed by atoms with Gasteiger partial charge in [-0.05, 0) is 19.3 Å². The van der Waals surface area contributed by atoms with Crippen LogP contribution in [0.1, 0.15) is 32.6 Å². The maximum Gasteiger partial charge on any atom is 0.310 e. The first-order chi connectivity index (χ1) is 8.46. The number of esters is 1. The molecular weight excluding hydrogens is 258 g/mol. The van der Waals surface area contributed by atoms with Crippen molar-refractivity contribution in [2.24, 2.45) is 5.92 Å². The van der Waals surface area contributed by atoms with Crippen molar-refractivity contribution in [1.82, 2.24) is 4.72 Å². The average molecular weight is 279 g/mol. The normalized spacial score (nSPS) is 25.9. The lowest BCUT2D eigenvalue weighted by molar-refractivity contribution is -0.145. The van der Waals surface area contributed by atoms with Gasteiger partial charge in [0.1, 0.15) is 0 Å². The minimum Gasteiger partial charge on any atom is -0.469 e. The van der Waals surface area contributed by atoms with Crippen LogP contribution in [0.4, 0.5) is 0 Å². The summed E-state index contributed by atoms with van der Waals surface area (Å²) in [6.07, 6.45) is 2.19. The first kappa shape index (κ1) is 15.4. The van der Waals surface area contributed by atoms with Crippen LogP contribution in [0.3, 0.4) is 0 Å². The smallest absolute Gasteiger partial charge is 0.310 e. The topological polar surface area (TPSA) is 92.7 Å². The predicted molar refractivity (Wildman–Crippen MR) is 66.4 cm³/mol. The Morgan fingerprint density at radius 2 is 2.17 bits per heavy atom. The number of ether oxygens (including phenoxy) is 1. The van der Waals surface area contributed by atoms with Crippen LogP contribution in [-0.2, 0) is 19.6 Å². The van der Waals surface area contributed by atoms with Gasteiger partial charge in [0.2, 0.25) is 10.0 Å². The van der Waals surface area contributed by atoms with Gasteiger partial charge in [0, 0.05) is 6.04 Å². The molecule has 0 heterocycles. The van der Waals surface area contributed by atoms with Crippen molar-refractivity contribution in [3.63, 3.8) is 0 Å². The number of nitrogens with one attached hydrogen (secondary N) is 1. The van der Waals surface area contributed by atoms with Crippen LogP contribution in [0.5, 0.6) is 0 Å². The molecule has 0 bridgehead atoms. The van der Waals surface area contributed by atoms with Crippen molar-refractivity contribution >= 4 is 16.0 Å². The quantitative estimate of drug-likeness (QED) is 0.669. The largest absolute Gasteiger partial charge is 0.469 e. The Hall–Kier alpha value is -0.660. The van der Waals surface area contributed by atoms with E-state index in [9.17, 15) is 13.2 Å². The molecule has 0 aliphatic heterocycles. The molecule has 0 aromatic carbocycles. The van der Waals surface area contributed by atoms with Crippen molar-refractivity contribution in [3.8, 4) is 0 Å². The summed E-state index contributed by atoms with van der Waals surface area (Å²) in [6, 6.07) is -0.492. The Kier molecular flexibility index (Phi) is 5.55. The average Bonchev–Trinajstić information content (AvgIpc) is 2.85. The van der Waals surface area contributed by atoms with E-state index in [1.807, 2.05) is 0 Å². The summed E-state index contributed by atoms with van der Waals surface area (Å²) in [4.78, 5) is 11.5. The number of sulfonamides is 1. The molecule has 2 N–H and O–H groups in total. The molecule has 2 unspecified atom stereocenters. The van der Waals surface area contributed by atoms with Gasteiger partial charge >= 0.3 is 5.97 Å². The number of aliphatic hydroxyl groups is 1. The molecule has 0 radical (unpaired) electrons. The fraction of sp³-hybridized carbons (Fsp3) is 0.909. The zero-order chi connectivity index (χ0) is 13.8. The Balaban J connectivity index is 2.80. The standard InChI is InChI=1S/C11H21NO5S/c1-3-8(7-13)12-18(15,16)10-6-4-5-9(10)11(14)17-2/h8-10,12-13H,3-7H2,1-2H3/t8-,9?,10?/m1/s1. The fourth-order valence-corrected chi connectivity index (χ4v) is 4.33. The molecule has 1 aliphatic carbocycles. The van der Waals surface area contributed by atoms with E-state index < -0.39 is 33.2 Å². The third kappa shape index (κ3) is 3.43. The molecule has 0 amide bonds. The number of aliphatic hydroxyl groups excluding tert-OH is 1. The number of methoxy groups -OCH3 is 1. The highest BCUT2D eigenvalue weighted by Gasteiger charge is 2.42. The maximum atomic E-state index is 12.2. The summed E-state index contributed by atoms with van der Waals surface area (Å²) in [7, 11) is -2.33. The molecule has 0 aromatic rings. The molecule has 1 aliphatic rings. The summed E-state index contributed by atoms with van der Waals surface area (Å²) in [5.74, 6) is -1.07. The molecule has 1 saturated carbocycles. The minimum absolute atomic E-state index is 0.245. The van der Waals surface area contributed by atoms with Crippen LogP contribution in [0, 0.1) is 5.92 Å². The molecule has 6 nitrogen and oxygen atoms in total. The second-order valence-electron chi connectivity index (χ2n) is 4.55. The van der Waals surface area contributed by atoms with Crippen molar-refractivity contribution in [2.45, 2.75) is 43.9 Å². The molecule has 18 heavy (non-hydrogen) atoms. The molecule has 3 atom stereocenters. The highest BCUT2D eigenvalue weighted by molar-refractivity contribution is 7.90. The van der Waals surface area contributed by atoms with Crippen molar-refractivity contribution in [2.75, 3.05) is 13.7 Å². The predicted octanol–water partition coefficient (Wildman–Crippen LogP) is 0.0184. The Bertz CT molecular complexity index is 377. The minimum atomic E-state index is -3.60. The summed E-state index contributed by atoms with van der Waals surface area (Å²) in [5, 5.41) is 8.29. The van der Waals surface area contributed by atoms with Crippen LogP contribution in [0.2, 0.25) is 0 Å². The first-order valence-corrected chi connectivity index (χ1v) is 7.70. The van der Waals surface area contributed by atoms with E-state index in [0.29, 0.717) is 25.7 Å². The summed E-state index contributed by atoms with van der Waals surface area (Å²) in [5.41, 5.74) is 0. The third-order valence-electron chi connectivity index (χ3n) is 3.40. The van der Waals surface area contributed by atoms with Gasteiger partial charge in [-0.1, -0.05) is 13.3 Å². The lowest BCUT2D eigenvalue weighted by Crippen LogP contribution is -2.45. The highest BCUT2D eigenvalue weighted by Crippen LogP contribution is 2.31. The van der Waals surface area contributed by atoms with E-state index in [0.717, 1.165) is 0 Å². The van der Waals surface area contributed by atoms with E-state index >= 15 is 0 Å². The van der Waals surface area contributed by atoms with E-state index in [1.54, 1.807) is 6.92 Å². The van der Waals surface area contributed by atoms with E-state index in [-0.39, 0.29) is 6.61 Å². The molecule has 0 saturated heterocycles. The third-order valence-corrected chi connectivity index (χ3v) is 5.42. The van der Waals surface area contributed by atoms with Gasteiger partial charge in [0.05, 0.1) is 24.9 Å². The molecule has 7 heteroatoms. The van der Waals surface area contributed by atoms with Gasteiger partial charge in [-0.15, -0.1) is 0 Å². The molecule has 1 rings (SSSR count). The Morgan fingerprint density at radius 1 is 1.50 bits per heavy atom. The van der Waals surface area contributed by atoms with Crippen LogP contribution in [0.15, 0.2) is 0 Å². The maximum absolute atomic E-state index is 12.2. The van der Waals surface area contributed by atoms with Gasteiger partial charge < -0.3 is 9.84 Å². The van der Waals surface area contributed by atoms with Gasteiger partial charge in [-0.25, -0.2) is 13.1 Å². The molecule has 1 fully saturated rings. The zero-order valence-electron chi connectivity index (χ0n) is 10.8. The van der Waals surface area contributed by atoms with Crippen LogP contribution >= 0.6 is 0 Å². The van der Waals surface area contributed by atoms with Gasteiger partial charge in [-0.3, -0.25) is 4.79 Å². The number of hydrogen-bond donors (Lipinski definition) is 2. The number of carbonyl (C=O) groups excluding carboxylic acids is 1. The molecule has 106 valence electrons. The Morgan fingerprint density at radius 3 is 2.67 bits per heavy atom. The lowest BCUT2D eigenvalue weighted by atomic mass is 10.1. The SMILES string of the molecule is CC[C@H](CO)NS(=O)(=O)C1CCCC1C(=O)OC. The van der Waals surface area contributed by atoms with Gasteiger partial charge in [-0.2, -0.15) is 0 Å². The highest BCUT2D eigenvalue weighted by atomic mass is 32.2. The second kappa shape index (κ2) is 6.49. The van der Waals surface area contributed by atoms with Crippen molar-refractivity contribution in [3.05, 3.63) is 0 Å². The van der Waals surface area contributed by atoms with E-state index in [4.69, 9.17) is 5.11 Å². The zero-order valence-corrected chi connectivity index (χ0v) is 11.6. The van der Waals surface area contributed by atoms with Gasteiger partial charge in [0.15, 0.2) is 0 Å². The molecule has 0 spiro atoms. The number of carbonyl (C=O) groups is 1. The van der Waals surface area contributed by atoms with E-state index in [1.165, 1.54) is 7.11 Å². The first-order valence-electron chi connectivity index (χ1n) is 6.16. The van der Waals surface area contributed by atoms with Gasteiger partial charge in [0.25, 0.3) is 0 Å².